The molecule has 0 radical (unpaired) electrons. The van der Waals surface area contributed by atoms with Crippen LogP contribution in [0.25, 0.3) is 0 Å². The largest absolute Gasteiger partial charge is 0.500 e. The Morgan fingerprint density at radius 1 is 0.913 bits per heavy atom. The van der Waals surface area contributed by atoms with Crippen LogP contribution in [-0.2, 0) is 22.8 Å². The van der Waals surface area contributed by atoms with Crippen LogP contribution in [0.1, 0.15) is 60.3 Å². The van der Waals surface area contributed by atoms with Gasteiger partial charge in [0.25, 0.3) is 0 Å². The minimum absolute atomic E-state index is 0.145. The van der Waals surface area contributed by atoms with Gasteiger partial charge in [-0.2, -0.15) is 0 Å². The molecule has 0 unspecified atom stereocenters. The number of rotatable bonds is 14. The number of ether oxygens (including phenoxy) is 1. The van der Waals surface area contributed by atoms with E-state index >= 15 is 0 Å². The van der Waals surface area contributed by atoms with E-state index in [0.29, 0.717) is 26.4 Å². The molecule has 0 N–H and O–H groups in total. The standard InChI is InChI=1S/C16H33IO5Si/c1-6-20-23(21-7-2,22-8-3)14-12-10-9-11-13-19-15(18)16(4,5)17/h6-14H2,1-5H3. The molecule has 0 bridgehead atoms. The molecule has 0 fully saturated rings. The number of carbonyl (C=O) groups excluding carboxylic acids is 1. The molecule has 0 rings (SSSR count). The van der Waals surface area contributed by atoms with Crippen LogP contribution in [0.3, 0.4) is 0 Å². The van der Waals surface area contributed by atoms with Gasteiger partial charge in [0.05, 0.1) is 6.61 Å². The molecule has 0 aliphatic heterocycles. The molecule has 138 valence electrons. The van der Waals surface area contributed by atoms with Gasteiger partial charge in [0.2, 0.25) is 0 Å². The van der Waals surface area contributed by atoms with E-state index in [0.717, 1.165) is 31.7 Å². The Morgan fingerprint density at radius 3 is 1.83 bits per heavy atom. The second-order valence-electron chi connectivity index (χ2n) is 5.75. The highest BCUT2D eigenvalue weighted by Gasteiger charge is 2.39. The fourth-order valence-electron chi connectivity index (χ4n) is 2.13. The minimum Gasteiger partial charge on any atom is -0.465 e. The molecule has 0 aromatic rings. The van der Waals surface area contributed by atoms with Crippen LogP contribution in [0.2, 0.25) is 6.04 Å². The van der Waals surface area contributed by atoms with E-state index in [-0.39, 0.29) is 5.97 Å². The fourth-order valence-corrected chi connectivity index (χ4v) is 4.98. The molecule has 0 saturated heterocycles. The van der Waals surface area contributed by atoms with Gasteiger partial charge in [-0.1, -0.05) is 35.4 Å². The summed E-state index contributed by atoms with van der Waals surface area (Å²) in [5.41, 5.74) is 0. The fraction of sp³-hybridized carbons (Fsp3) is 0.938. The lowest BCUT2D eigenvalue weighted by Crippen LogP contribution is -2.45. The van der Waals surface area contributed by atoms with E-state index in [1.165, 1.54) is 0 Å². The molecule has 0 saturated carbocycles. The Hall–Kier alpha value is 0.297. The van der Waals surface area contributed by atoms with E-state index in [2.05, 4.69) is 22.6 Å². The molecule has 0 spiro atoms. The Kier molecular flexibility index (Phi) is 12.8. The molecule has 23 heavy (non-hydrogen) atoms. The van der Waals surface area contributed by atoms with E-state index in [1.807, 2.05) is 34.6 Å². The Balaban J connectivity index is 3.96. The molecule has 0 amide bonds. The summed E-state index contributed by atoms with van der Waals surface area (Å²) in [5, 5.41) is 0. The summed E-state index contributed by atoms with van der Waals surface area (Å²) in [4.78, 5) is 11.6. The van der Waals surface area contributed by atoms with Crippen LogP contribution in [0, 0.1) is 0 Å². The van der Waals surface area contributed by atoms with Gasteiger partial charge in [0.1, 0.15) is 3.42 Å². The molecule has 0 aliphatic carbocycles. The van der Waals surface area contributed by atoms with E-state index in [1.54, 1.807) is 0 Å². The number of hydrogen-bond acceptors (Lipinski definition) is 5. The number of halogens is 1. The van der Waals surface area contributed by atoms with Gasteiger partial charge < -0.3 is 18.0 Å². The second-order valence-corrected chi connectivity index (χ2v) is 11.2. The van der Waals surface area contributed by atoms with E-state index in [4.69, 9.17) is 18.0 Å². The zero-order chi connectivity index (χ0) is 17.8. The van der Waals surface area contributed by atoms with Crippen molar-refractivity contribution in [2.45, 2.75) is 69.8 Å². The van der Waals surface area contributed by atoms with E-state index in [9.17, 15) is 4.79 Å². The number of esters is 1. The summed E-state index contributed by atoms with van der Waals surface area (Å²) in [6.07, 6.45) is 4.00. The highest BCUT2D eigenvalue weighted by Crippen LogP contribution is 2.21. The van der Waals surface area contributed by atoms with Crippen molar-refractivity contribution in [3.8, 4) is 0 Å². The Bertz CT molecular complexity index is 303. The first-order valence-corrected chi connectivity index (χ1v) is 11.6. The first-order chi connectivity index (χ1) is 10.8. The lowest BCUT2D eigenvalue weighted by molar-refractivity contribution is -0.145. The Morgan fingerprint density at radius 2 is 1.39 bits per heavy atom. The summed E-state index contributed by atoms with van der Waals surface area (Å²) in [5.74, 6) is -0.145. The van der Waals surface area contributed by atoms with Crippen molar-refractivity contribution in [3.63, 3.8) is 0 Å². The quantitative estimate of drug-likeness (QED) is 0.127. The first-order valence-electron chi connectivity index (χ1n) is 8.59. The average molecular weight is 460 g/mol. The average Bonchev–Trinajstić information content (AvgIpc) is 2.46. The van der Waals surface area contributed by atoms with Crippen LogP contribution in [0.5, 0.6) is 0 Å². The van der Waals surface area contributed by atoms with Gasteiger partial charge in [0.15, 0.2) is 0 Å². The lowest BCUT2D eigenvalue weighted by atomic mass is 10.2. The number of unbranched alkanes of at least 4 members (excludes halogenated alkanes) is 3. The van der Waals surface area contributed by atoms with Crippen LogP contribution < -0.4 is 0 Å². The van der Waals surface area contributed by atoms with Crippen LogP contribution in [0.15, 0.2) is 0 Å². The van der Waals surface area contributed by atoms with Crippen LogP contribution in [-0.4, -0.2) is 44.6 Å². The van der Waals surface area contributed by atoms with Gasteiger partial charge in [-0.3, -0.25) is 4.79 Å². The van der Waals surface area contributed by atoms with Crippen molar-refractivity contribution in [3.05, 3.63) is 0 Å². The SMILES string of the molecule is CCO[Si](CCCCCCOC(=O)C(C)(C)I)(OCC)OCC. The van der Waals surface area contributed by atoms with Gasteiger partial charge >= 0.3 is 14.8 Å². The predicted molar refractivity (Wildman–Crippen MR) is 103 cm³/mol. The third-order valence-electron chi connectivity index (χ3n) is 3.19. The number of alkyl halides is 1. The predicted octanol–water partition coefficient (Wildman–Crippen LogP) is 4.35. The summed E-state index contributed by atoms with van der Waals surface area (Å²) < 4.78 is 22.3. The number of carbonyl (C=O) groups is 1. The van der Waals surface area contributed by atoms with Gasteiger partial charge in [-0.05, 0) is 47.5 Å². The maximum atomic E-state index is 11.6. The third kappa shape index (κ3) is 10.7. The summed E-state index contributed by atoms with van der Waals surface area (Å²) in [6, 6.07) is 0.850. The van der Waals surface area contributed by atoms with Crippen molar-refractivity contribution in [1.82, 2.24) is 0 Å². The normalized spacial score (nSPS) is 12.4. The maximum absolute atomic E-state index is 11.6. The summed E-state index contributed by atoms with van der Waals surface area (Å²) >= 11 is 2.10. The van der Waals surface area contributed by atoms with Crippen molar-refractivity contribution in [2.24, 2.45) is 0 Å². The molecule has 0 aromatic carbocycles. The summed E-state index contributed by atoms with van der Waals surface area (Å²) in [6.45, 7) is 12.0. The molecule has 0 heterocycles. The summed E-state index contributed by atoms with van der Waals surface area (Å²) in [7, 11) is -2.49. The molecule has 5 nitrogen and oxygen atoms in total. The van der Waals surface area contributed by atoms with Gasteiger partial charge in [-0.15, -0.1) is 0 Å². The van der Waals surface area contributed by atoms with Gasteiger partial charge in [-0.25, -0.2) is 0 Å². The zero-order valence-electron chi connectivity index (χ0n) is 15.3. The van der Waals surface area contributed by atoms with Crippen molar-refractivity contribution in [2.75, 3.05) is 26.4 Å². The molecular weight excluding hydrogens is 427 g/mol. The molecule has 0 aromatic heterocycles. The highest BCUT2D eigenvalue weighted by molar-refractivity contribution is 14.1. The monoisotopic (exact) mass is 460 g/mol. The topological polar surface area (TPSA) is 54.0 Å². The van der Waals surface area contributed by atoms with Crippen LogP contribution >= 0.6 is 22.6 Å². The Labute approximate surface area is 156 Å². The zero-order valence-corrected chi connectivity index (χ0v) is 18.4. The van der Waals surface area contributed by atoms with Crippen LogP contribution in [0.4, 0.5) is 0 Å². The van der Waals surface area contributed by atoms with Gasteiger partial charge in [0, 0.05) is 25.9 Å². The minimum atomic E-state index is -2.49. The molecular formula is C16H33IO5Si. The van der Waals surface area contributed by atoms with Crippen molar-refractivity contribution < 1.29 is 22.8 Å². The van der Waals surface area contributed by atoms with Crippen molar-refractivity contribution in [1.29, 1.82) is 0 Å². The highest BCUT2D eigenvalue weighted by atomic mass is 127. The number of hydrogen-bond donors (Lipinski definition) is 0. The smallest absolute Gasteiger partial charge is 0.465 e. The molecule has 0 aliphatic rings. The third-order valence-corrected chi connectivity index (χ3v) is 6.78. The second kappa shape index (κ2) is 12.6. The molecule has 7 heteroatoms. The first kappa shape index (κ1) is 23.3. The lowest BCUT2D eigenvalue weighted by Gasteiger charge is -2.28. The maximum Gasteiger partial charge on any atom is 0.500 e. The van der Waals surface area contributed by atoms with Crippen molar-refractivity contribution >= 4 is 37.4 Å². The van der Waals surface area contributed by atoms with E-state index < -0.39 is 12.2 Å². The molecule has 0 atom stereocenters.